The zero-order valence-corrected chi connectivity index (χ0v) is 9.05. The number of benzene rings is 1. The predicted octanol–water partition coefficient (Wildman–Crippen LogP) is 2.37. The number of carboxylic acids is 1. The summed E-state index contributed by atoms with van der Waals surface area (Å²) in [4.78, 5) is 10.8. The Bertz CT molecular complexity index is 570. The molecule has 1 heterocycles. The lowest BCUT2D eigenvalue weighted by Crippen LogP contribution is -1.98. The molecule has 1 saturated carbocycles. The van der Waals surface area contributed by atoms with Crippen LogP contribution in [0.15, 0.2) is 30.5 Å². The number of aryl methyl sites for hydroxylation is 1. The van der Waals surface area contributed by atoms with Crippen LogP contribution in [-0.2, 0) is 11.8 Å². The summed E-state index contributed by atoms with van der Waals surface area (Å²) in [6, 6.07) is 8.31. The van der Waals surface area contributed by atoms with Crippen LogP contribution < -0.4 is 0 Å². The van der Waals surface area contributed by atoms with Crippen molar-refractivity contribution >= 4 is 16.9 Å². The van der Waals surface area contributed by atoms with E-state index in [1.54, 1.807) is 0 Å². The molecule has 3 heteroatoms. The Morgan fingerprint density at radius 3 is 2.94 bits per heavy atom. The third kappa shape index (κ3) is 1.32. The molecule has 0 spiro atoms. The lowest BCUT2D eigenvalue weighted by molar-refractivity contribution is -0.138. The van der Waals surface area contributed by atoms with E-state index in [1.807, 2.05) is 13.2 Å². The Balaban J connectivity index is 2.00. The molecule has 0 aliphatic heterocycles. The lowest BCUT2D eigenvalue weighted by atomic mass is 10.1. The summed E-state index contributed by atoms with van der Waals surface area (Å²) in [5, 5.41) is 10.1. The Labute approximate surface area is 93.3 Å². The van der Waals surface area contributed by atoms with Crippen molar-refractivity contribution in [1.29, 1.82) is 0 Å². The largest absolute Gasteiger partial charge is 0.481 e. The van der Waals surface area contributed by atoms with Crippen molar-refractivity contribution in [3.63, 3.8) is 0 Å². The highest BCUT2D eigenvalue weighted by atomic mass is 16.4. The van der Waals surface area contributed by atoms with Gasteiger partial charge in [-0.15, -0.1) is 0 Å². The number of aromatic nitrogens is 1. The van der Waals surface area contributed by atoms with E-state index in [0.29, 0.717) is 0 Å². The van der Waals surface area contributed by atoms with Crippen molar-refractivity contribution in [3.05, 3.63) is 36.0 Å². The molecule has 1 N–H and O–H groups in total. The van der Waals surface area contributed by atoms with Gasteiger partial charge in [0.05, 0.1) is 5.92 Å². The van der Waals surface area contributed by atoms with Gasteiger partial charge >= 0.3 is 5.97 Å². The maximum Gasteiger partial charge on any atom is 0.307 e. The molecule has 1 aliphatic carbocycles. The van der Waals surface area contributed by atoms with Crippen molar-refractivity contribution in [1.82, 2.24) is 4.57 Å². The SMILES string of the molecule is Cn1ccc2ccc([C@@H]3CC3C(=O)O)cc21. The average Bonchev–Trinajstić information content (AvgIpc) is 2.99. The summed E-state index contributed by atoms with van der Waals surface area (Å²) >= 11 is 0. The molecule has 0 amide bonds. The van der Waals surface area contributed by atoms with Crippen LogP contribution in [-0.4, -0.2) is 15.6 Å². The van der Waals surface area contributed by atoms with Crippen LogP contribution in [0.2, 0.25) is 0 Å². The van der Waals surface area contributed by atoms with E-state index in [4.69, 9.17) is 5.11 Å². The van der Waals surface area contributed by atoms with Crippen LogP contribution in [0, 0.1) is 5.92 Å². The summed E-state index contributed by atoms with van der Waals surface area (Å²) in [7, 11) is 2.01. The third-order valence-corrected chi connectivity index (χ3v) is 3.45. The Kier molecular flexibility index (Phi) is 1.84. The number of rotatable bonds is 2. The minimum absolute atomic E-state index is 0.169. The Morgan fingerprint density at radius 1 is 1.44 bits per heavy atom. The fraction of sp³-hybridized carbons (Fsp3) is 0.308. The molecule has 1 fully saturated rings. The van der Waals surface area contributed by atoms with Gasteiger partial charge in [0.2, 0.25) is 0 Å². The molecule has 0 saturated heterocycles. The summed E-state index contributed by atoms with van der Waals surface area (Å²) in [5.74, 6) is -0.619. The lowest BCUT2D eigenvalue weighted by Gasteiger charge is -2.01. The van der Waals surface area contributed by atoms with Crippen LogP contribution in [0.5, 0.6) is 0 Å². The van der Waals surface area contributed by atoms with Crippen LogP contribution in [0.1, 0.15) is 17.9 Å². The fourth-order valence-electron chi connectivity index (χ4n) is 2.35. The molecule has 0 bridgehead atoms. The second kappa shape index (κ2) is 3.11. The topological polar surface area (TPSA) is 42.2 Å². The van der Waals surface area contributed by atoms with Crippen LogP contribution in [0.3, 0.4) is 0 Å². The first-order valence-electron chi connectivity index (χ1n) is 5.44. The smallest absolute Gasteiger partial charge is 0.307 e. The molecule has 2 atom stereocenters. The number of carbonyl (C=O) groups is 1. The predicted molar refractivity (Wildman–Crippen MR) is 61.4 cm³/mol. The molecule has 3 rings (SSSR count). The van der Waals surface area contributed by atoms with Gasteiger partial charge in [-0.1, -0.05) is 12.1 Å². The number of hydrogen-bond donors (Lipinski definition) is 1. The van der Waals surface area contributed by atoms with Gasteiger partial charge in [-0.25, -0.2) is 0 Å². The average molecular weight is 215 g/mol. The van der Waals surface area contributed by atoms with Gasteiger partial charge in [0.15, 0.2) is 0 Å². The second-order valence-corrected chi connectivity index (χ2v) is 4.53. The van der Waals surface area contributed by atoms with Gasteiger partial charge < -0.3 is 9.67 Å². The zero-order chi connectivity index (χ0) is 11.3. The third-order valence-electron chi connectivity index (χ3n) is 3.45. The molecule has 82 valence electrons. The number of carboxylic acid groups (broad SMARTS) is 1. The number of hydrogen-bond acceptors (Lipinski definition) is 1. The van der Waals surface area contributed by atoms with Gasteiger partial charge in [0, 0.05) is 18.8 Å². The highest BCUT2D eigenvalue weighted by molar-refractivity contribution is 5.82. The molecule has 1 aromatic carbocycles. The molecule has 3 nitrogen and oxygen atoms in total. The molecule has 1 aromatic heterocycles. The van der Waals surface area contributed by atoms with E-state index < -0.39 is 5.97 Å². The minimum Gasteiger partial charge on any atom is -0.481 e. The van der Waals surface area contributed by atoms with Crippen LogP contribution in [0.25, 0.3) is 10.9 Å². The van der Waals surface area contributed by atoms with Gasteiger partial charge in [-0.3, -0.25) is 4.79 Å². The van der Waals surface area contributed by atoms with Crippen molar-refractivity contribution in [3.8, 4) is 0 Å². The standard InChI is InChI=1S/C13H13NO2/c1-14-5-4-8-2-3-9(6-12(8)14)10-7-11(10)13(15)16/h2-6,10-11H,7H2,1H3,(H,15,16)/t10-,11?/m0/s1. The molecular formula is C13H13NO2. The van der Waals surface area contributed by atoms with E-state index in [9.17, 15) is 4.79 Å². The van der Waals surface area contributed by atoms with Gasteiger partial charge in [-0.2, -0.15) is 0 Å². The normalized spacial score (nSPS) is 23.6. The fourth-order valence-corrected chi connectivity index (χ4v) is 2.35. The first kappa shape index (κ1) is 9.46. The highest BCUT2D eigenvalue weighted by Crippen LogP contribution is 2.47. The Morgan fingerprint density at radius 2 is 2.25 bits per heavy atom. The van der Waals surface area contributed by atoms with E-state index in [0.717, 1.165) is 12.0 Å². The summed E-state index contributed by atoms with van der Waals surface area (Å²) in [5.41, 5.74) is 2.33. The van der Waals surface area contributed by atoms with Crippen molar-refractivity contribution in [2.24, 2.45) is 13.0 Å². The van der Waals surface area contributed by atoms with E-state index in [-0.39, 0.29) is 11.8 Å². The summed E-state index contributed by atoms with van der Waals surface area (Å²) in [6.07, 6.45) is 2.81. The van der Waals surface area contributed by atoms with Crippen molar-refractivity contribution < 1.29 is 9.90 Å². The quantitative estimate of drug-likeness (QED) is 0.835. The Hall–Kier alpha value is -1.77. The second-order valence-electron chi connectivity index (χ2n) is 4.53. The molecular weight excluding hydrogens is 202 g/mol. The van der Waals surface area contributed by atoms with Crippen LogP contribution >= 0.6 is 0 Å². The van der Waals surface area contributed by atoms with Gasteiger partial charge in [0.25, 0.3) is 0 Å². The van der Waals surface area contributed by atoms with Gasteiger partial charge in [-0.05, 0) is 35.4 Å². The number of nitrogens with zero attached hydrogens (tertiary/aromatic N) is 1. The summed E-state index contributed by atoms with van der Waals surface area (Å²) < 4.78 is 2.07. The first-order chi connectivity index (χ1) is 7.66. The highest BCUT2D eigenvalue weighted by Gasteiger charge is 2.44. The monoisotopic (exact) mass is 215 g/mol. The molecule has 1 aliphatic rings. The van der Waals surface area contributed by atoms with E-state index in [1.165, 1.54) is 10.9 Å². The van der Waals surface area contributed by atoms with Crippen LogP contribution in [0.4, 0.5) is 0 Å². The number of aliphatic carboxylic acids is 1. The summed E-state index contributed by atoms with van der Waals surface area (Å²) in [6.45, 7) is 0. The van der Waals surface area contributed by atoms with E-state index in [2.05, 4.69) is 28.8 Å². The first-order valence-corrected chi connectivity index (χ1v) is 5.44. The molecule has 16 heavy (non-hydrogen) atoms. The molecule has 2 aromatic rings. The van der Waals surface area contributed by atoms with Crippen molar-refractivity contribution in [2.75, 3.05) is 0 Å². The maximum atomic E-state index is 10.8. The molecule has 1 unspecified atom stereocenters. The van der Waals surface area contributed by atoms with Crippen molar-refractivity contribution in [2.45, 2.75) is 12.3 Å². The maximum absolute atomic E-state index is 10.8. The number of fused-ring (bicyclic) bond motifs is 1. The molecule has 0 radical (unpaired) electrons. The zero-order valence-electron chi connectivity index (χ0n) is 9.05. The van der Waals surface area contributed by atoms with Gasteiger partial charge in [0.1, 0.15) is 0 Å². The van der Waals surface area contributed by atoms with E-state index >= 15 is 0 Å². The minimum atomic E-state index is -0.669.